The van der Waals surface area contributed by atoms with Gasteiger partial charge in [-0.1, -0.05) is 26.5 Å². The molecular formula is C19H33N3O4. The number of rotatable bonds is 5. The molecule has 0 aromatic heterocycles. The maximum Gasteiger partial charge on any atom is 0.410 e. The molecular weight excluding hydrogens is 334 g/mol. The molecule has 0 bridgehead atoms. The van der Waals surface area contributed by atoms with E-state index in [9.17, 15) is 14.9 Å². The van der Waals surface area contributed by atoms with E-state index in [2.05, 4.69) is 11.9 Å². The van der Waals surface area contributed by atoms with Crippen molar-refractivity contribution < 1.29 is 14.5 Å². The van der Waals surface area contributed by atoms with E-state index in [1.54, 1.807) is 17.9 Å². The lowest BCUT2D eigenvalue weighted by atomic mass is 10.0. The van der Waals surface area contributed by atoms with Gasteiger partial charge in [0.05, 0.1) is 4.92 Å². The molecule has 0 radical (unpaired) electrons. The van der Waals surface area contributed by atoms with Crippen molar-refractivity contribution in [2.75, 3.05) is 13.1 Å². The van der Waals surface area contributed by atoms with Crippen LogP contribution >= 0.6 is 0 Å². The van der Waals surface area contributed by atoms with E-state index in [1.165, 1.54) is 12.2 Å². The average Bonchev–Trinajstić information content (AvgIpc) is 2.56. The highest BCUT2D eigenvalue weighted by Crippen LogP contribution is 2.18. The molecule has 7 heteroatoms. The Bertz CT molecular complexity index is 539. The molecule has 26 heavy (non-hydrogen) atoms. The summed E-state index contributed by atoms with van der Waals surface area (Å²) in [6.07, 6.45) is 5.65. The highest BCUT2D eigenvalue weighted by molar-refractivity contribution is 5.68. The van der Waals surface area contributed by atoms with E-state index in [0.717, 1.165) is 0 Å². The number of ether oxygens (including phenoxy) is 1. The maximum absolute atomic E-state index is 12.0. The van der Waals surface area contributed by atoms with Gasteiger partial charge in [0.2, 0.25) is 0 Å². The van der Waals surface area contributed by atoms with Crippen molar-refractivity contribution >= 4 is 6.09 Å². The second-order valence-corrected chi connectivity index (χ2v) is 6.63. The Morgan fingerprint density at radius 1 is 1.31 bits per heavy atom. The lowest BCUT2D eigenvalue weighted by Gasteiger charge is -2.34. The van der Waals surface area contributed by atoms with Gasteiger partial charge in [-0.3, -0.25) is 10.1 Å². The third kappa shape index (κ3) is 8.18. The van der Waals surface area contributed by atoms with Crippen molar-refractivity contribution in [3.63, 3.8) is 0 Å². The number of hydrogen-bond acceptors (Lipinski definition) is 5. The van der Waals surface area contributed by atoms with Gasteiger partial charge in [0.1, 0.15) is 11.3 Å². The van der Waals surface area contributed by atoms with Crippen LogP contribution in [0.5, 0.6) is 0 Å². The second-order valence-electron chi connectivity index (χ2n) is 6.63. The molecule has 1 aliphatic rings. The Kier molecular flexibility index (Phi) is 10.3. The van der Waals surface area contributed by atoms with Crippen molar-refractivity contribution in [1.82, 2.24) is 10.2 Å². The summed E-state index contributed by atoms with van der Waals surface area (Å²) >= 11 is 0. The first-order valence-corrected chi connectivity index (χ1v) is 9.06. The first-order chi connectivity index (χ1) is 12.2. The third-order valence-electron chi connectivity index (χ3n) is 3.54. The fourth-order valence-corrected chi connectivity index (χ4v) is 2.44. The van der Waals surface area contributed by atoms with Crippen LogP contribution in [0.1, 0.15) is 54.4 Å². The molecule has 7 nitrogen and oxygen atoms in total. The maximum atomic E-state index is 12.0. The predicted octanol–water partition coefficient (Wildman–Crippen LogP) is 4.25. The Morgan fingerprint density at radius 3 is 2.23 bits per heavy atom. The Balaban J connectivity index is 0.00000301. The van der Waals surface area contributed by atoms with Crippen LogP contribution < -0.4 is 5.32 Å². The molecule has 1 fully saturated rings. The summed E-state index contributed by atoms with van der Waals surface area (Å²) in [5.41, 5.74) is -0.0591. The zero-order valence-corrected chi connectivity index (χ0v) is 16.9. The second kappa shape index (κ2) is 11.3. The summed E-state index contributed by atoms with van der Waals surface area (Å²) in [6.45, 7) is 15.8. The number of allylic oxidation sites excluding steroid dienone is 3. The molecule has 0 aromatic carbocycles. The Labute approximate surface area is 156 Å². The fourth-order valence-electron chi connectivity index (χ4n) is 2.44. The molecule has 0 atom stereocenters. The van der Waals surface area contributed by atoms with Gasteiger partial charge >= 0.3 is 6.09 Å². The number of nitrogens with zero attached hydrogens (tertiary/aromatic N) is 2. The van der Waals surface area contributed by atoms with Gasteiger partial charge < -0.3 is 15.0 Å². The molecule has 0 saturated carbocycles. The number of piperidine rings is 1. The number of likely N-dealkylation sites (tertiary alicyclic amines) is 1. The highest BCUT2D eigenvalue weighted by Gasteiger charge is 2.28. The monoisotopic (exact) mass is 367 g/mol. The summed E-state index contributed by atoms with van der Waals surface area (Å²) in [6, 6.07) is 0.0600. The van der Waals surface area contributed by atoms with Crippen LogP contribution in [-0.4, -0.2) is 40.6 Å². The van der Waals surface area contributed by atoms with E-state index < -0.39 is 10.5 Å². The molecule has 1 rings (SSSR count). The van der Waals surface area contributed by atoms with Gasteiger partial charge in [0.15, 0.2) is 0 Å². The number of carbonyl (C=O) groups is 1. The fraction of sp³-hybridized carbons (Fsp3) is 0.632. The van der Waals surface area contributed by atoms with Gasteiger partial charge in [0.25, 0.3) is 5.70 Å². The summed E-state index contributed by atoms with van der Waals surface area (Å²) in [7, 11) is 0. The molecule has 1 aliphatic heterocycles. The molecule has 1 N–H and O–H groups in total. The zero-order chi connectivity index (χ0) is 20.3. The van der Waals surface area contributed by atoms with Gasteiger partial charge in [-0.05, 0) is 52.7 Å². The number of nitro groups is 1. The smallest absolute Gasteiger partial charge is 0.410 e. The molecule has 1 saturated heterocycles. The molecule has 0 spiro atoms. The van der Waals surface area contributed by atoms with Crippen LogP contribution in [0, 0.1) is 10.1 Å². The lowest BCUT2D eigenvalue weighted by Crippen LogP contribution is -2.46. The summed E-state index contributed by atoms with van der Waals surface area (Å²) in [5, 5.41) is 14.3. The minimum absolute atomic E-state index is 0.0180. The largest absolute Gasteiger partial charge is 0.444 e. The van der Waals surface area contributed by atoms with Crippen molar-refractivity contribution in [2.24, 2.45) is 0 Å². The van der Waals surface area contributed by atoms with Gasteiger partial charge in [-0.25, -0.2) is 4.79 Å². The van der Waals surface area contributed by atoms with Gasteiger partial charge in [0, 0.05) is 19.1 Å². The molecule has 1 heterocycles. The summed E-state index contributed by atoms with van der Waals surface area (Å²) < 4.78 is 5.36. The van der Waals surface area contributed by atoms with Crippen molar-refractivity contribution in [3.05, 3.63) is 46.3 Å². The number of nitrogens with one attached hydrogen (secondary N) is 1. The predicted molar refractivity (Wildman–Crippen MR) is 104 cm³/mol. The SMILES string of the molecule is C=C/C=C(NC1CCN(C(=O)OC(C)(C)C)CC1)\C(=C/C)[N+](=O)[O-].CC. The minimum atomic E-state index is -0.515. The van der Waals surface area contributed by atoms with E-state index >= 15 is 0 Å². The van der Waals surface area contributed by atoms with Crippen LogP contribution in [0.4, 0.5) is 4.79 Å². The van der Waals surface area contributed by atoms with Crippen LogP contribution in [0.15, 0.2) is 36.2 Å². The highest BCUT2D eigenvalue weighted by atomic mass is 16.6. The topological polar surface area (TPSA) is 84.7 Å². The van der Waals surface area contributed by atoms with Crippen molar-refractivity contribution in [3.8, 4) is 0 Å². The standard InChI is InChI=1S/C17H27N3O4.C2H6/c1-6-8-14(15(7-2)20(22)23)18-13-9-11-19(12-10-13)16(21)24-17(3,4)5;1-2/h6-8,13,18H,1,9-12H2,2-5H3;1-2H3/b14-8+,15-7+;. The van der Waals surface area contributed by atoms with E-state index in [4.69, 9.17) is 4.74 Å². The Hall–Kier alpha value is -2.31. The number of carbonyl (C=O) groups excluding carboxylic acids is 1. The van der Waals surface area contributed by atoms with Crippen molar-refractivity contribution in [1.29, 1.82) is 0 Å². The molecule has 0 aliphatic carbocycles. The van der Waals surface area contributed by atoms with Crippen LogP contribution in [0.25, 0.3) is 0 Å². The van der Waals surface area contributed by atoms with Crippen LogP contribution in [0.3, 0.4) is 0 Å². The molecule has 148 valence electrons. The Morgan fingerprint density at radius 2 is 1.85 bits per heavy atom. The average molecular weight is 367 g/mol. The number of hydrogen-bond donors (Lipinski definition) is 1. The third-order valence-corrected chi connectivity index (χ3v) is 3.54. The van der Waals surface area contributed by atoms with Gasteiger partial charge in [-0.15, -0.1) is 0 Å². The van der Waals surface area contributed by atoms with E-state index in [-0.39, 0.29) is 17.8 Å². The first-order valence-electron chi connectivity index (χ1n) is 9.06. The molecule has 1 amide bonds. The van der Waals surface area contributed by atoms with Crippen molar-refractivity contribution in [2.45, 2.75) is 66.0 Å². The minimum Gasteiger partial charge on any atom is -0.444 e. The summed E-state index contributed by atoms with van der Waals surface area (Å²) in [5.74, 6) is 0. The first kappa shape index (κ1) is 23.7. The molecule has 0 unspecified atom stereocenters. The zero-order valence-electron chi connectivity index (χ0n) is 16.9. The van der Waals surface area contributed by atoms with E-state index in [1.807, 2.05) is 34.6 Å². The number of amides is 1. The van der Waals surface area contributed by atoms with Crippen LogP contribution in [-0.2, 0) is 4.74 Å². The lowest BCUT2D eigenvalue weighted by molar-refractivity contribution is -0.421. The van der Waals surface area contributed by atoms with Crippen LogP contribution in [0.2, 0.25) is 0 Å². The van der Waals surface area contributed by atoms with E-state index in [0.29, 0.717) is 31.6 Å². The van der Waals surface area contributed by atoms with Gasteiger partial charge in [-0.2, -0.15) is 0 Å². The summed E-state index contributed by atoms with van der Waals surface area (Å²) in [4.78, 5) is 24.4. The quantitative estimate of drug-likeness (QED) is 0.446. The molecule has 0 aromatic rings. The normalized spacial score (nSPS) is 16.3.